The van der Waals surface area contributed by atoms with Crippen LogP contribution in [0.5, 0.6) is 0 Å². The van der Waals surface area contributed by atoms with Crippen molar-refractivity contribution in [3.8, 4) is 0 Å². The molecule has 1 aliphatic carbocycles. The topological polar surface area (TPSA) is 12.0 Å². The Labute approximate surface area is 124 Å². The zero-order valence-electron chi connectivity index (χ0n) is 13.6. The van der Waals surface area contributed by atoms with Crippen molar-refractivity contribution in [2.24, 2.45) is 0 Å². The summed E-state index contributed by atoms with van der Waals surface area (Å²) in [5, 5.41) is 3.57. The normalized spacial score (nSPS) is 18.1. The summed E-state index contributed by atoms with van der Waals surface area (Å²) < 4.78 is 0. The van der Waals surface area contributed by atoms with E-state index >= 15 is 0 Å². The standard InChI is InChI=1S/C19H29N/c1-14-12-15(2)18(16(3)13-14)19(20-4)17-10-8-6-5-7-9-11-17/h10,12-13,19-20H,5-9,11H2,1-4H3. The third kappa shape index (κ3) is 3.52. The zero-order valence-corrected chi connectivity index (χ0v) is 13.6. The lowest BCUT2D eigenvalue weighted by Crippen LogP contribution is -2.21. The molecule has 1 aromatic rings. The molecule has 1 unspecified atom stereocenters. The van der Waals surface area contributed by atoms with Gasteiger partial charge in [-0.25, -0.2) is 0 Å². The van der Waals surface area contributed by atoms with Crippen LogP contribution in [0.25, 0.3) is 0 Å². The van der Waals surface area contributed by atoms with E-state index in [0.29, 0.717) is 6.04 Å². The lowest BCUT2D eigenvalue weighted by Gasteiger charge is -2.26. The van der Waals surface area contributed by atoms with Gasteiger partial charge in [-0.05, 0) is 70.2 Å². The molecule has 1 atom stereocenters. The van der Waals surface area contributed by atoms with Gasteiger partial charge in [-0.15, -0.1) is 0 Å². The predicted octanol–water partition coefficient (Wildman–Crippen LogP) is 5.15. The first kappa shape index (κ1) is 15.3. The second-order valence-electron chi connectivity index (χ2n) is 6.27. The highest BCUT2D eigenvalue weighted by Gasteiger charge is 2.19. The highest BCUT2D eigenvalue weighted by Crippen LogP contribution is 2.32. The highest BCUT2D eigenvalue weighted by atomic mass is 14.9. The molecule has 1 aromatic carbocycles. The van der Waals surface area contributed by atoms with E-state index in [1.54, 1.807) is 5.57 Å². The fraction of sp³-hybridized carbons (Fsp3) is 0.579. The average Bonchev–Trinajstić information content (AvgIpc) is 2.34. The molecule has 1 nitrogen and oxygen atoms in total. The van der Waals surface area contributed by atoms with Gasteiger partial charge in [0, 0.05) is 0 Å². The largest absolute Gasteiger partial charge is 0.310 e. The Bertz CT molecular complexity index is 462. The molecule has 1 aliphatic rings. The summed E-state index contributed by atoms with van der Waals surface area (Å²) in [5.74, 6) is 0. The Morgan fingerprint density at radius 2 is 1.60 bits per heavy atom. The van der Waals surface area contributed by atoms with Gasteiger partial charge < -0.3 is 5.32 Å². The van der Waals surface area contributed by atoms with Gasteiger partial charge in [-0.1, -0.05) is 42.2 Å². The SMILES string of the molecule is CNC(C1=CCCCCCC1)c1c(C)cc(C)cc1C. The predicted molar refractivity (Wildman–Crippen MR) is 88.2 cm³/mol. The van der Waals surface area contributed by atoms with Crippen LogP contribution in [-0.2, 0) is 0 Å². The van der Waals surface area contributed by atoms with E-state index in [4.69, 9.17) is 0 Å². The van der Waals surface area contributed by atoms with E-state index in [1.165, 1.54) is 60.8 Å². The smallest absolute Gasteiger partial charge is 0.0538 e. The molecule has 0 heterocycles. The third-order valence-electron chi connectivity index (χ3n) is 4.51. The van der Waals surface area contributed by atoms with Crippen LogP contribution < -0.4 is 5.32 Å². The lowest BCUT2D eigenvalue weighted by atomic mass is 9.86. The lowest BCUT2D eigenvalue weighted by molar-refractivity contribution is 0.571. The van der Waals surface area contributed by atoms with Crippen LogP contribution in [0.4, 0.5) is 0 Å². The van der Waals surface area contributed by atoms with Crippen molar-refractivity contribution >= 4 is 0 Å². The molecule has 0 aromatic heterocycles. The first-order valence-corrected chi connectivity index (χ1v) is 8.07. The molecule has 20 heavy (non-hydrogen) atoms. The van der Waals surface area contributed by atoms with E-state index in [1.807, 2.05) is 0 Å². The monoisotopic (exact) mass is 271 g/mol. The van der Waals surface area contributed by atoms with Gasteiger partial charge in [0.25, 0.3) is 0 Å². The number of nitrogens with one attached hydrogen (secondary N) is 1. The molecule has 0 bridgehead atoms. The van der Waals surface area contributed by atoms with E-state index in [9.17, 15) is 0 Å². The number of aryl methyl sites for hydroxylation is 3. The first-order chi connectivity index (χ1) is 9.63. The van der Waals surface area contributed by atoms with Crippen LogP contribution in [0, 0.1) is 20.8 Å². The Kier molecular flexibility index (Phi) is 5.42. The molecule has 0 saturated heterocycles. The second-order valence-corrected chi connectivity index (χ2v) is 6.27. The van der Waals surface area contributed by atoms with Crippen molar-refractivity contribution in [1.82, 2.24) is 5.32 Å². The van der Waals surface area contributed by atoms with Gasteiger partial charge in [0.15, 0.2) is 0 Å². The number of hydrogen-bond acceptors (Lipinski definition) is 1. The Hall–Kier alpha value is -1.08. The molecule has 0 fully saturated rings. The van der Waals surface area contributed by atoms with Crippen LogP contribution in [0.3, 0.4) is 0 Å². The summed E-state index contributed by atoms with van der Waals surface area (Å²) in [5.41, 5.74) is 7.30. The van der Waals surface area contributed by atoms with Gasteiger partial charge in [0.2, 0.25) is 0 Å². The summed E-state index contributed by atoms with van der Waals surface area (Å²) in [7, 11) is 2.10. The number of likely N-dealkylation sites (N-methyl/N-ethyl adjacent to an activating group) is 1. The van der Waals surface area contributed by atoms with Crippen LogP contribution >= 0.6 is 0 Å². The fourth-order valence-corrected chi connectivity index (χ4v) is 3.64. The minimum atomic E-state index is 0.397. The highest BCUT2D eigenvalue weighted by molar-refractivity contribution is 5.43. The van der Waals surface area contributed by atoms with Crippen molar-refractivity contribution in [2.45, 2.75) is 65.3 Å². The molecule has 110 valence electrons. The Balaban J connectivity index is 2.36. The minimum absolute atomic E-state index is 0.397. The maximum Gasteiger partial charge on any atom is 0.0538 e. The molecule has 0 aliphatic heterocycles. The van der Waals surface area contributed by atoms with E-state index in [0.717, 1.165) is 0 Å². The van der Waals surface area contributed by atoms with Crippen molar-refractivity contribution in [2.75, 3.05) is 7.05 Å². The van der Waals surface area contributed by atoms with Crippen LogP contribution in [-0.4, -0.2) is 7.05 Å². The van der Waals surface area contributed by atoms with Crippen molar-refractivity contribution in [3.05, 3.63) is 46.0 Å². The first-order valence-electron chi connectivity index (χ1n) is 8.07. The van der Waals surface area contributed by atoms with Crippen LogP contribution in [0.2, 0.25) is 0 Å². The van der Waals surface area contributed by atoms with Gasteiger partial charge in [-0.2, -0.15) is 0 Å². The Morgan fingerprint density at radius 3 is 2.25 bits per heavy atom. The molecule has 2 rings (SSSR count). The van der Waals surface area contributed by atoms with E-state index in [-0.39, 0.29) is 0 Å². The van der Waals surface area contributed by atoms with Gasteiger partial charge >= 0.3 is 0 Å². The maximum absolute atomic E-state index is 3.57. The molecule has 0 spiro atoms. The quantitative estimate of drug-likeness (QED) is 0.749. The maximum atomic E-state index is 3.57. The molecule has 0 radical (unpaired) electrons. The summed E-state index contributed by atoms with van der Waals surface area (Å²) >= 11 is 0. The average molecular weight is 271 g/mol. The van der Waals surface area contributed by atoms with Crippen molar-refractivity contribution < 1.29 is 0 Å². The zero-order chi connectivity index (χ0) is 14.5. The van der Waals surface area contributed by atoms with Crippen molar-refractivity contribution in [1.29, 1.82) is 0 Å². The van der Waals surface area contributed by atoms with Gasteiger partial charge in [0.1, 0.15) is 0 Å². The molecular formula is C19H29N. The van der Waals surface area contributed by atoms with E-state index < -0.39 is 0 Å². The number of allylic oxidation sites excluding steroid dienone is 1. The molecule has 1 N–H and O–H groups in total. The third-order valence-corrected chi connectivity index (χ3v) is 4.51. The molecule has 0 amide bonds. The summed E-state index contributed by atoms with van der Waals surface area (Å²) in [6.07, 6.45) is 10.5. The fourth-order valence-electron chi connectivity index (χ4n) is 3.64. The number of rotatable bonds is 3. The molecule has 1 heteroatoms. The number of benzene rings is 1. The van der Waals surface area contributed by atoms with Gasteiger partial charge in [-0.3, -0.25) is 0 Å². The van der Waals surface area contributed by atoms with E-state index in [2.05, 4.69) is 51.3 Å². The summed E-state index contributed by atoms with van der Waals surface area (Å²) in [6, 6.07) is 5.03. The molecule has 0 saturated carbocycles. The second kappa shape index (κ2) is 7.08. The Morgan fingerprint density at radius 1 is 0.950 bits per heavy atom. The van der Waals surface area contributed by atoms with Crippen LogP contribution in [0.15, 0.2) is 23.8 Å². The summed E-state index contributed by atoms with van der Waals surface area (Å²) in [6.45, 7) is 6.69. The molecular weight excluding hydrogens is 242 g/mol. The van der Waals surface area contributed by atoms with Crippen molar-refractivity contribution in [3.63, 3.8) is 0 Å². The summed E-state index contributed by atoms with van der Waals surface area (Å²) in [4.78, 5) is 0. The van der Waals surface area contributed by atoms with Crippen LogP contribution in [0.1, 0.15) is 66.8 Å². The van der Waals surface area contributed by atoms with Gasteiger partial charge in [0.05, 0.1) is 6.04 Å². The minimum Gasteiger partial charge on any atom is -0.310 e. The number of hydrogen-bond donors (Lipinski definition) is 1.